The molecule has 0 spiro atoms. The maximum absolute atomic E-state index is 12.5. The molecule has 0 bridgehead atoms. The number of anilines is 2. The molecule has 2 aromatic carbocycles. The third-order valence-corrected chi connectivity index (χ3v) is 4.91. The molecule has 2 aromatic heterocycles. The van der Waals surface area contributed by atoms with Gasteiger partial charge in [-0.1, -0.05) is 17.3 Å². The van der Waals surface area contributed by atoms with E-state index >= 15 is 0 Å². The third-order valence-electron chi connectivity index (χ3n) is 4.04. The first-order chi connectivity index (χ1) is 14.1. The highest BCUT2D eigenvalue weighted by Crippen LogP contribution is 2.20. The molecule has 2 N–H and O–H groups in total. The van der Waals surface area contributed by atoms with Crippen LogP contribution in [0.15, 0.2) is 70.6 Å². The van der Waals surface area contributed by atoms with Gasteiger partial charge in [-0.25, -0.2) is 0 Å². The molecule has 0 atom stereocenters. The molecule has 0 aliphatic rings. The highest BCUT2D eigenvalue weighted by molar-refractivity contribution is 7.12. The lowest BCUT2D eigenvalue weighted by molar-refractivity contribution is 0.102. The zero-order valence-corrected chi connectivity index (χ0v) is 16.2. The Morgan fingerprint density at radius 3 is 2.28 bits per heavy atom. The van der Waals surface area contributed by atoms with Crippen LogP contribution in [-0.4, -0.2) is 22.0 Å². The fourth-order valence-electron chi connectivity index (χ4n) is 2.66. The summed E-state index contributed by atoms with van der Waals surface area (Å²) in [6, 6.07) is 17.4. The highest BCUT2D eigenvalue weighted by atomic mass is 32.1. The van der Waals surface area contributed by atoms with Crippen LogP contribution in [0.2, 0.25) is 0 Å². The molecule has 0 radical (unpaired) electrons. The van der Waals surface area contributed by atoms with Gasteiger partial charge in [0.15, 0.2) is 5.82 Å². The Morgan fingerprint density at radius 2 is 1.66 bits per heavy atom. The largest absolute Gasteiger partial charge is 0.334 e. The van der Waals surface area contributed by atoms with Gasteiger partial charge in [-0.05, 0) is 60.8 Å². The van der Waals surface area contributed by atoms with E-state index in [1.165, 1.54) is 11.3 Å². The zero-order valence-electron chi connectivity index (χ0n) is 15.4. The zero-order chi connectivity index (χ0) is 20.2. The van der Waals surface area contributed by atoms with Gasteiger partial charge < -0.3 is 15.2 Å². The molecule has 0 aliphatic heterocycles. The molecule has 4 aromatic rings. The number of aromatic nitrogens is 2. The van der Waals surface area contributed by atoms with Gasteiger partial charge in [0.2, 0.25) is 0 Å². The number of amides is 2. The van der Waals surface area contributed by atoms with E-state index in [9.17, 15) is 9.59 Å². The Morgan fingerprint density at radius 1 is 0.931 bits per heavy atom. The van der Waals surface area contributed by atoms with Crippen LogP contribution in [0.1, 0.15) is 25.9 Å². The van der Waals surface area contributed by atoms with E-state index in [2.05, 4.69) is 20.8 Å². The molecule has 0 fully saturated rings. The number of nitrogens with zero attached hydrogens (tertiary/aromatic N) is 2. The lowest BCUT2D eigenvalue weighted by Crippen LogP contribution is -2.13. The first kappa shape index (κ1) is 18.6. The van der Waals surface area contributed by atoms with Crippen LogP contribution in [-0.2, 0) is 0 Å². The molecule has 4 rings (SSSR count). The van der Waals surface area contributed by atoms with E-state index in [-0.39, 0.29) is 11.8 Å². The monoisotopic (exact) mass is 404 g/mol. The van der Waals surface area contributed by atoms with Crippen molar-refractivity contribution in [3.05, 3.63) is 82.3 Å². The fraction of sp³-hybridized carbons (Fsp3) is 0.0476. The molecule has 0 saturated carbocycles. The second-order valence-electron chi connectivity index (χ2n) is 6.19. The molecule has 7 nitrogen and oxygen atoms in total. The minimum absolute atomic E-state index is 0.185. The molecular formula is C21H16N4O3S. The molecular weight excluding hydrogens is 388 g/mol. The van der Waals surface area contributed by atoms with Crippen LogP contribution >= 0.6 is 11.3 Å². The van der Waals surface area contributed by atoms with Crippen LogP contribution in [0.4, 0.5) is 11.4 Å². The standard InChI is InChI=1S/C21H16N4O3S/c1-13-22-21(28-25-13)15-9-7-14(8-10-15)19(26)23-16-4-2-5-17(12-16)24-20(27)18-6-3-11-29-18/h2-12H,1H3,(H,23,26)(H,24,27). The number of carbonyl (C=O) groups excluding carboxylic acids is 2. The SMILES string of the molecule is Cc1noc(-c2ccc(C(=O)Nc3cccc(NC(=O)c4cccs4)c3)cc2)n1. The number of hydrogen-bond donors (Lipinski definition) is 2. The summed E-state index contributed by atoms with van der Waals surface area (Å²) in [5, 5.41) is 11.3. The van der Waals surface area contributed by atoms with Crippen molar-refractivity contribution in [3.63, 3.8) is 0 Å². The number of rotatable bonds is 5. The Balaban J connectivity index is 1.43. The number of nitrogens with one attached hydrogen (secondary N) is 2. The number of carbonyl (C=O) groups is 2. The molecule has 0 saturated heterocycles. The Kier molecular flexibility index (Phi) is 5.17. The summed E-state index contributed by atoms with van der Waals surface area (Å²) in [6.45, 7) is 1.74. The van der Waals surface area contributed by atoms with Gasteiger partial charge in [-0.2, -0.15) is 4.98 Å². The molecule has 29 heavy (non-hydrogen) atoms. The Labute approximate surface area is 170 Å². The van der Waals surface area contributed by atoms with Crippen molar-refractivity contribution in [2.24, 2.45) is 0 Å². The average molecular weight is 404 g/mol. The molecule has 8 heteroatoms. The van der Waals surface area contributed by atoms with Crippen molar-refractivity contribution in [1.82, 2.24) is 10.1 Å². The van der Waals surface area contributed by atoms with E-state index in [1.807, 2.05) is 11.4 Å². The van der Waals surface area contributed by atoms with Gasteiger partial charge in [-0.15, -0.1) is 11.3 Å². The van der Waals surface area contributed by atoms with Crippen LogP contribution < -0.4 is 10.6 Å². The van der Waals surface area contributed by atoms with Gasteiger partial charge >= 0.3 is 0 Å². The number of hydrogen-bond acceptors (Lipinski definition) is 6. The van der Waals surface area contributed by atoms with Crippen molar-refractivity contribution in [2.45, 2.75) is 6.92 Å². The number of aryl methyl sites for hydroxylation is 1. The van der Waals surface area contributed by atoms with E-state index < -0.39 is 0 Å². The minimum atomic E-state index is -0.264. The van der Waals surface area contributed by atoms with Gasteiger partial charge in [0.1, 0.15) is 0 Å². The van der Waals surface area contributed by atoms with Crippen molar-refractivity contribution < 1.29 is 14.1 Å². The first-order valence-corrected chi connectivity index (χ1v) is 9.63. The summed E-state index contributed by atoms with van der Waals surface area (Å²) in [5.74, 6) is 0.506. The molecule has 144 valence electrons. The fourth-order valence-corrected chi connectivity index (χ4v) is 3.28. The predicted molar refractivity (Wildman–Crippen MR) is 111 cm³/mol. The molecule has 2 heterocycles. The topological polar surface area (TPSA) is 97.1 Å². The van der Waals surface area contributed by atoms with Gasteiger partial charge in [-0.3, -0.25) is 9.59 Å². The Hall–Kier alpha value is -3.78. The van der Waals surface area contributed by atoms with E-state index in [1.54, 1.807) is 61.5 Å². The molecule has 0 unspecified atom stereocenters. The van der Waals surface area contributed by atoms with E-state index in [0.29, 0.717) is 33.5 Å². The van der Waals surface area contributed by atoms with Gasteiger partial charge in [0.05, 0.1) is 4.88 Å². The minimum Gasteiger partial charge on any atom is -0.334 e. The van der Waals surface area contributed by atoms with Crippen molar-refractivity contribution in [3.8, 4) is 11.5 Å². The number of benzene rings is 2. The first-order valence-electron chi connectivity index (χ1n) is 8.75. The van der Waals surface area contributed by atoms with Crippen LogP contribution in [0, 0.1) is 6.92 Å². The van der Waals surface area contributed by atoms with Crippen LogP contribution in [0.5, 0.6) is 0 Å². The maximum Gasteiger partial charge on any atom is 0.265 e. The summed E-state index contributed by atoms with van der Waals surface area (Å²) in [5.41, 5.74) is 2.40. The maximum atomic E-state index is 12.5. The van der Waals surface area contributed by atoms with Crippen molar-refractivity contribution in [2.75, 3.05) is 10.6 Å². The summed E-state index contributed by atoms with van der Waals surface area (Å²) >= 11 is 1.37. The smallest absolute Gasteiger partial charge is 0.265 e. The summed E-state index contributed by atoms with van der Waals surface area (Å²) in [6.07, 6.45) is 0. The lowest BCUT2D eigenvalue weighted by Gasteiger charge is -2.09. The second kappa shape index (κ2) is 8.07. The molecule has 0 aliphatic carbocycles. The quantitative estimate of drug-likeness (QED) is 0.506. The van der Waals surface area contributed by atoms with Crippen LogP contribution in [0.25, 0.3) is 11.5 Å². The Bertz CT molecular complexity index is 1150. The average Bonchev–Trinajstić information content (AvgIpc) is 3.40. The third kappa shape index (κ3) is 4.39. The van der Waals surface area contributed by atoms with Crippen molar-refractivity contribution >= 4 is 34.5 Å². The summed E-state index contributed by atoms with van der Waals surface area (Å²) in [7, 11) is 0. The van der Waals surface area contributed by atoms with Gasteiger partial charge in [0.25, 0.3) is 17.7 Å². The summed E-state index contributed by atoms with van der Waals surface area (Å²) in [4.78, 5) is 29.5. The summed E-state index contributed by atoms with van der Waals surface area (Å²) < 4.78 is 5.12. The van der Waals surface area contributed by atoms with Crippen LogP contribution in [0.3, 0.4) is 0 Å². The second-order valence-corrected chi connectivity index (χ2v) is 7.14. The lowest BCUT2D eigenvalue weighted by atomic mass is 10.1. The molecule has 2 amide bonds. The number of thiophene rings is 1. The highest BCUT2D eigenvalue weighted by Gasteiger charge is 2.11. The van der Waals surface area contributed by atoms with E-state index in [0.717, 1.165) is 5.56 Å². The van der Waals surface area contributed by atoms with E-state index in [4.69, 9.17) is 4.52 Å². The van der Waals surface area contributed by atoms with Crippen molar-refractivity contribution in [1.29, 1.82) is 0 Å². The van der Waals surface area contributed by atoms with Gasteiger partial charge in [0, 0.05) is 22.5 Å². The normalized spacial score (nSPS) is 10.5. The predicted octanol–water partition coefficient (Wildman–Crippen LogP) is 4.61.